The van der Waals surface area contributed by atoms with Gasteiger partial charge < -0.3 is 25.1 Å². The van der Waals surface area contributed by atoms with Gasteiger partial charge in [-0.2, -0.15) is 0 Å². The molecular formula is C20H24N2O4. The molecule has 0 saturated carbocycles. The highest BCUT2D eigenvalue weighted by Gasteiger charge is 2.30. The van der Waals surface area contributed by atoms with E-state index < -0.39 is 18.1 Å². The predicted molar refractivity (Wildman–Crippen MR) is 96.5 cm³/mol. The van der Waals surface area contributed by atoms with E-state index in [1.807, 2.05) is 49.4 Å². The quantitative estimate of drug-likeness (QED) is 0.856. The Kier molecular flexibility index (Phi) is 7.17. The predicted octanol–water partition coefficient (Wildman–Crippen LogP) is 0.798. The summed E-state index contributed by atoms with van der Waals surface area (Å²) in [6.07, 6.45) is -0.558. The summed E-state index contributed by atoms with van der Waals surface area (Å²) in [5.74, 6) is -0.369. The molecule has 0 saturated heterocycles. The van der Waals surface area contributed by atoms with Gasteiger partial charge in [-0.15, -0.1) is 0 Å². The van der Waals surface area contributed by atoms with E-state index in [2.05, 4.69) is 10.7 Å². The lowest BCUT2D eigenvalue weighted by Gasteiger charge is -2.14. The number of carboxylic acids is 1. The first-order valence-electron chi connectivity index (χ1n) is 8.57. The average molecular weight is 356 g/mol. The standard InChI is InChI=1S/C18H17NO4.C2H7N/c1-12-16(18(20)21)19-17(23-12)14-9-5-6-10-15(14)22-11-13-7-3-2-4-8-13;1-2-3/h2-10,12,16H,11H2,1H3,(H,20,21);2-3H2,1H3/t12-,16-;/m1./s1. The normalized spacial score (nSPS) is 18.2. The van der Waals surface area contributed by atoms with Crippen molar-refractivity contribution in [1.29, 1.82) is 0 Å². The summed E-state index contributed by atoms with van der Waals surface area (Å²) in [6.45, 7) is 5.08. The molecule has 1 aliphatic heterocycles. The molecular weight excluding hydrogens is 332 g/mol. The topological polar surface area (TPSA) is 98.6 Å². The number of aliphatic carboxylic acids is 1. The summed E-state index contributed by atoms with van der Waals surface area (Å²) in [7, 11) is 0. The van der Waals surface area contributed by atoms with E-state index in [-0.39, 0.29) is 5.90 Å². The van der Waals surface area contributed by atoms with Crippen molar-refractivity contribution in [1.82, 2.24) is 0 Å². The van der Waals surface area contributed by atoms with Crippen LogP contribution in [-0.4, -0.2) is 30.6 Å². The first-order valence-corrected chi connectivity index (χ1v) is 8.57. The van der Waals surface area contributed by atoms with Crippen molar-refractivity contribution in [2.24, 2.45) is 4.99 Å². The Morgan fingerprint density at radius 3 is 2.42 bits per heavy atom. The van der Waals surface area contributed by atoms with E-state index in [9.17, 15) is 9.90 Å². The van der Waals surface area contributed by atoms with Crippen LogP contribution in [0.25, 0.3) is 0 Å². The molecule has 26 heavy (non-hydrogen) atoms. The maximum atomic E-state index is 11.1. The average Bonchev–Trinajstić information content (AvgIpc) is 3.04. The molecule has 0 radical (unpaired) electrons. The van der Waals surface area contributed by atoms with Crippen molar-refractivity contribution in [2.45, 2.75) is 32.6 Å². The zero-order valence-corrected chi connectivity index (χ0v) is 15.1. The third-order valence-corrected chi connectivity index (χ3v) is 3.59. The van der Waals surface area contributed by atoms with Crippen LogP contribution in [0, 0.1) is 0 Å². The van der Waals surface area contributed by atoms with Gasteiger partial charge in [-0.1, -0.05) is 42.5 Å². The molecule has 1 heterocycles. The molecule has 2 atom stereocenters. The number of hydrogen-bond acceptors (Lipinski definition) is 5. The molecule has 0 fully saturated rings. The van der Waals surface area contributed by atoms with Gasteiger partial charge in [0.1, 0.15) is 24.5 Å². The second kappa shape index (κ2) is 9.58. The van der Waals surface area contributed by atoms with Crippen LogP contribution in [-0.2, 0) is 16.1 Å². The second-order valence-electron chi connectivity index (χ2n) is 5.79. The van der Waals surface area contributed by atoms with Gasteiger partial charge in [0.2, 0.25) is 5.90 Å². The van der Waals surface area contributed by atoms with Crippen molar-refractivity contribution in [2.75, 3.05) is 6.54 Å². The van der Waals surface area contributed by atoms with E-state index in [1.165, 1.54) is 0 Å². The smallest absolute Gasteiger partial charge is 0.221 e. The highest BCUT2D eigenvalue weighted by atomic mass is 16.5. The molecule has 0 aromatic heterocycles. The van der Waals surface area contributed by atoms with Gasteiger partial charge in [0.25, 0.3) is 0 Å². The van der Waals surface area contributed by atoms with E-state index >= 15 is 0 Å². The second-order valence-corrected chi connectivity index (χ2v) is 5.79. The number of carbonyl (C=O) groups excluding carboxylic acids is 1. The Labute approximate surface area is 153 Å². The molecule has 2 aromatic carbocycles. The van der Waals surface area contributed by atoms with Crippen LogP contribution in [0.1, 0.15) is 25.0 Å². The van der Waals surface area contributed by atoms with Gasteiger partial charge in [-0.3, -0.25) is 0 Å². The van der Waals surface area contributed by atoms with Crippen LogP contribution < -0.4 is 15.6 Å². The molecule has 0 bridgehead atoms. The maximum Gasteiger partial charge on any atom is 0.221 e. The van der Waals surface area contributed by atoms with Crippen molar-refractivity contribution in [3.63, 3.8) is 0 Å². The van der Waals surface area contributed by atoms with Gasteiger partial charge in [0.15, 0.2) is 0 Å². The van der Waals surface area contributed by atoms with Gasteiger partial charge in [0.05, 0.1) is 18.1 Å². The molecule has 3 N–H and O–H groups in total. The van der Waals surface area contributed by atoms with Gasteiger partial charge in [-0.05, 0) is 31.5 Å². The zero-order valence-electron chi connectivity index (χ0n) is 15.1. The van der Waals surface area contributed by atoms with Gasteiger partial charge in [-0.25, -0.2) is 4.99 Å². The summed E-state index contributed by atoms with van der Waals surface area (Å²) in [6, 6.07) is 16.1. The number of para-hydroxylation sites is 1. The Bertz CT molecular complexity index is 746. The largest absolute Gasteiger partial charge is 0.548 e. The van der Waals surface area contributed by atoms with E-state index in [4.69, 9.17) is 9.47 Å². The van der Waals surface area contributed by atoms with Gasteiger partial charge in [0, 0.05) is 0 Å². The Hall–Kier alpha value is -2.86. The summed E-state index contributed by atoms with van der Waals surface area (Å²) >= 11 is 0. The SMILES string of the molecule is CC[NH3+].C[C@H]1OC(c2ccccc2OCc2ccccc2)=N[C@H]1C(=O)[O-]. The molecule has 6 heteroatoms. The third kappa shape index (κ3) is 5.07. The number of nitrogens with zero attached hydrogens (tertiary/aromatic N) is 1. The fraction of sp³-hybridized carbons (Fsp3) is 0.300. The maximum absolute atomic E-state index is 11.1. The minimum atomic E-state index is -1.24. The Morgan fingerprint density at radius 2 is 1.81 bits per heavy atom. The molecule has 3 rings (SSSR count). The fourth-order valence-electron chi connectivity index (χ4n) is 2.38. The number of hydrogen-bond donors (Lipinski definition) is 1. The minimum Gasteiger partial charge on any atom is -0.548 e. The van der Waals surface area contributed by atoms with Crippen molar-refractivity contribution in [3.05, 3.63) is 65.7 Å². The van der Waals surface area contributed by atoms with Crippen molar-refractivity contribution < 1.29 is 25.1 Å². The van der Waals surface area contributed by atoms with Crippen LogP contribution in [0.2, 0.25) is 0 Å². The monoisotopic (exact) mass is 356 g/mol. The molecule has 1 aliphatic rings. The number of rotatable bonds is 5. The lowest BCUT2D eigenvalue weighted by molar-refractivity contribution is -0.361. The lowest BCUT2D eigenvalue weighted by atomic mass is 10.2. The third-order valence-electron chi connectivity index (χ3n) is 3.59. The highest BCUT2D eigenvalue weighted by molar-refractivity contribution is 5.99. The minimum absolute atomic E-state index is 0.273. The first-order chi connectivity index (χ1) is 12.6. The molecule has 138 valence electrons. The van der Waals surface area contributed by atoms with Crippen molar-refractivity contribution in [3.8, 4) is 5.75 Å². The summed E-state index contributed by atoms with van der Waals surface area (Å²) in [4.78, 5) is 15.2. The number of quaternary nitrogens is 1. The summed E-state index contributed by atoms with van der Waals surface area (Å²) in [5.41, 5.74) is 5.16. The molecule has 0 aliphatic carbocycles. The van der Waals surface area contributed by atoms with Crippen LogP contribution in [0.4, 0.5) is 0 Å². The Balaban J connectivity index is 0.000000758. The number of aliphatic imine (C=N–C) groups is 1. The molecule has 0 unspecified atom stereocenters. The summed E-state index contributed by atoms with van der Waals surface area (Å²) in [5, 5.41) is 11.1. The number of benzene rings is 2. The van der Waals surface area contributed by atoms with Gasteiger partial charge >= 0.3 is 0 Å². The molecule has 2 aromatic rings. The first kappa shape index (κ1) is 19.5. The van der Waals surface area contributed by atoms with Crippen LogP contribution in [0.15, 0.2) is 59.6 Å². The van der Waals surface area contributed by atoms with E-state index in [0.29, 0.717) is 17.9 Å². The lowest BCUT2D eigenvalue weighted by Crippen LogP contribution is -2.48. The van der Waals surface area contributed by atoms with Crippen LogP contribution in [0.5, 0.6) is 5.75 Å². The fourth-order valence-corrected chi connectivity index (χ4v) is 2.38. The van der Waals surface area contributed by atoms with Crippen molar-refractivity contribution >= 4 is 11.9 Å². The zero-order chi connectivity index (χ0) is 18.9. The molecule has 0 spiro atoms. The number of carbonyl (C=O) groups is 1. The van der Waals surface area contributed by atoms with E-state index in [1.54, 1.807) is 19.1 Å². The highest BCUT2D eigenvalue weighted by Crippen LogP contribution is 2.25. The molecule has 6 nitrogen and oxygen atoms in total. The number of ether oxygens (including phenoxy) is 2. The van der Waals surface area contributed by atoms with Crippen LogP contribution >= 0.6 is 0 Å². The Morgan fingerprint density at radius 1 is 1.19 bits per heavy atom. The molecule has 0 amide bonds. The number of carboxylic acid groups (broad SMARTS) is 1. The summed E-state index contributed by atoms with van der Waals surface area (Å²) < 4.78 is 11.4. The van der Waals surface area contributed by atoms with E-state index in [0.717, 1.165) is 12.1 Å². The van der Waals surface area contributed by atoms with Crippen LogP contribution in [0.3, 0.4) is 0 Å².